The molecular formula is C28H42O10. The predicted molar refractivity (Wildman–Crippen MR) is 134 cm³/mol. The van der Waals surface area contributed by atoms with Crippen LogP contribution in [0.4, 0.5) is 0 Å². The first-order valence-electron chi connectivity index (χ1n) is 13.3. The third-order valence-electron chi connectivity index (χ3n) is 8.35. The first kappa shape index (κ1) is 30.1. The lowest BCUT2D eigenvalue weighted by molar-refractivity contribution is -0.248. The molecule has 0 radical (unpaired) electrons. The van der Waals surface area contributed by atoms with Gasteiger partial charge in [-0.1, -0.05) is 19.9 Å². The summed E-state index contributed by atoms with van der Waals surface area (Å²) in [7, 11) is 0. The number of esters is 4. The molecule has 10 nitrogen and oxygen atoms in total. The fourth-order valence-electron chi connectivity index (χ4n) is 7.09. The quantitative estimate of drug-likeness (QED) is 0.316. The maximum Gasteiger partial charge on any atom is 0.303 e. The van der Waals surface area contributed by atoms with E-state index in [9.17, 15) is 24.3 Å². The molecule has 2 heterocycles. The standard InChI is InChI=1S/C28H42O10/c1-13(2)21-22-23(28(9,38-18(7)32)26(35-16(5)30)24(21)34-15(4)29)20-12-14(3)19(33)10-11-27(8,25(22)36-20)37-17(6)31/h12-13,19-26,33H,10-11H2,1-9H3/b14-12-/t19-,20-,21+,22+,23+,24-,25-,26-,27+,28-/m0/s1. The number of aliphatic hydroxyl groups excluding tert-OH is 1. The molecule has 0 spiro atoms. The highest BCUT2D eigenvalue weighted by Crippen LogP contribution is 2.59. The molecule has 10 heteroatoms. The smallest absolute Gasteiger partial charge is 0.303 e. The summed E-state index contributed by atoms with van der Waals surface area (Å²) >= 11 is 0. The van der Waals surface area contributed by atoms with Crippen LogP contribution in [0.15, 0.2) is 11.6 Å². The molecule has 214 valence electrons. The molecule has 2 aliphatic heterocycles. The minimum Gasteiger partial charge on any atom is -0.458 e. The maximum absolute atomic E-state index is 12.5. The fraction of sp³-hybridized carbons (Fsp3) is 0.786. The van der Waals surface area contributed by atoms with E-state index in [2.05, 4.69) is 0 Å². The topological polar surface area (TPSA) is 135 Å². The molecule has 1 saturated heterocycles. The van der Waals surface area contributed by atoms with Crippen LogP contribution < -0.4 is 0 Å². The van der Waals surface area contributed by atoms with E-state index in [0.717, 1.165) is 0 Å². The summed E-state index contributed by atoms with van der Waals surface area (Å²) < 4.78 is 30.3. The number of ether oxygens (including phenoxy) is 5. The number of carbonyl (C=O) groups is 4. The van der Waals surface area contributed by atoms with Gasteiger partial charge in [0.15, 0.2) is 11.7 Å². The summed E-state index contributed by atoms with van der Waals surface area (Å²) in [5.74, 6) is -3.84. The van der Waals surface area contributed by atoms with Crippen molar-refractivity contribution in [1.82, 2.24) is 0 Å². The molecule has 0 aromatic carbocycles. The predicted octanol–water partition coefficient (Wildman–Crippen LogP) is 2.88. The molecule has 10 atom stereocenters. The van der Waals surface area contributed by atoms with E-state index in [1.807, 2.05) is 19.9 Å². The van der Waals surface area contributed by atoms with Gasteiger partial charge in [0.2, 0.25) is 0 Å². The van der Waals surface area contributed by atoms with E-state index in [1.54, 1.807) is 20.8 Å². The molecule has 1 aliphatic carbocycles. The number of hydrogen-bond donors (Lipinski definition) is 1. The zero-order valence-corrected chi connectivity index (χ0v) is 23.8. The van der Waals surface area contributed by atoms with Crippen LogP contribution in [0.25, 0.3) is 0 Å². The summed E-state index contributed by atoms with van der Waals surface area (Å²) in [5.41, 5.74) is -1.97. The average Bonchev–Trinajstić information content (AvgIpc) is 3.14. The number of fused-ring (bicyclic) bond motifs is 5. The highest BCUT2D eigenvalue weighted by atomic mass is 16.6. The Bertz CT molecular complexity index is 988. The van der Waals surface area contributed by atoms with Crippen molar-refractivity contribution in [2.45, 2.75) is 117 Å². The first-order chi connectivity index (χ1) is 17.5. The van der Waals surface area contributed by atoms with Gasteiger partial charge in [0, 0.05) is 45.4 Å². The minimum atomic E-state index is -1.48. The summed E-state index contributed by atoms with van der Waals surface area (Å²) in [6.07, 6.45) is -1.82. The van der Waals surface area contributed by atoms with Crippen molar-refractivity contribution in [2.24, 2.45) is 23.7 Å². The van der Waals surface area contributed by atoms with Crippen LogP contribution in [0.2, 0.25) is 0 Å². The second-order valence-corrected chi connectivity index (χ2v) is 11.7. The Kier molecular flexibility index (Phi) is 8.68. The van der Waals surface area contributed by atoms with Crippen molar-refractivity contribution in [2.75, 3.05) is 0 Å². The Morgan fingerprint density at radius 2 is 1.55 bits per heavy atom. The summed E-state index contributed by atoms with van der Waals surface area (Å²) in [4.78, 5) is 49.5. The van der Waals surface area contributed by atoms with Crippen molar-refractivity contribution >= 4 is 23.9 Å². The van der Waals surface area contributed by atoms with Crippen molar-refractivity contribution in [3.63, 3.8) is 0 Å². The van der Waals surface area contributed by atoms with E-state index in [4.69, 9.17) is 23.7 Å². The molecule has 3 rings (SSSR count). The molecule has 2 bridgehead atoms. The Labute approximate surface area is 224 Å². The molecule has 3 aliphatic rings. The molecule has 0 aromatic rings. The average molecular weight is 539 g/mol. The van der Waals surface area contributed by atoms with Gasteiger partial charge in [-0.3, -0.25) is 19.2 Å². The lowest BCUT2D eigenvalue weighted by Crippen LogP contribution is -2.69. The number of aliphatic hydroxyl groups is 1. The summed E-state index contributed by atoms with van der Waals surface area (Å²) in [5, 5.41) is 10.8. The van der Waals surface area contributed by atoms with E-state index in [-0.39, 0.29) is 5.92 Å². The Morgan fingerprint density at radius 1 is 0.974 bits per heavy atom. The molecule has 1 N–H and O–H groups in total. The van der Waals surface area contributed by atoms with Crippen LogP contribution >= 0.6 is 0 Å². The van der Waals surface area contributed by atoms with Gasteiger partial charge < -0.3 is 28.8 Å². The van der Waals surface area contributed by atoms with Gasteiger partial charge in [-0.25, -0.2) is 0 Å². The normalized spacial score (nSPS) is 41.9. The third-order valence-corrected chi connectivity index (χ3v) is 8.35. The van der Waals surface area contributed by atoms with Crippen LogP contribution in [0.3, 0.4) is 0 Å². The van der Waals surface area contributed by atoms with Crippen molar-refractivity contribution < 1.29 is 48.0 Å². The van der Waals surface area contributed by atoms with Gasteiger partial charge in [-0.05, 0) is 45.1 Å². The molecule has 2 fully saturated rings. The molecule has 38 heavy (non-hydrogen) atoms. The summed E-state index contributed by atoms with van der Waals surface area (Å²) in [6, 6.07) is 0. The monoisotopic (exact) mass is 538 g/mol. The highest BCUT2D eigenvalue weighted by Gasteiger charge is 2.71. The van der Waals surface area contributed by atoms with Crippen LogP contribution in [-0.2, 0) is 42.9 Å². The minimum absolute atomic E-state index is 0.100. The van der Waals surface area contributed by atoms with E-state index in [1.165, 1.54) is 27.7 Å². The molecule has 1 saturated carbocycles. The van der Waals surface area contributed by atoms with Crippen LogP contribution in [0.1, 0.15) is 75.2 Å². The van der Waals surface area contributed by atoms with Crippen LogP contribution in [-0.4, -0.2) is 70.7 Å². The van der Waals surface area contributed by atoms with Gasteiger partial charge in [-0.15, -0.1) is 0 Å². The Morgan fingerprint density at radius 3 is 2.05 bits per heavy atom. The number of rotatable bonds is 5. The second-order valence-electron chi connectivity index (χ2n) is 11.7. The van der Waals surface area contributed by atoms with E-state index < -0.39 is 83.4 Å². The Balaban J connectivity index is 2.36. The van der Waals surface area contributed by atoms with Gasteiger partial charge in [0.1, 0.15) is 17.8 Å². The number of carbonyl (C=O) groups excluding carboxylic acids is 4. The van der Waals surface area contributed by atoms with Gasteiger partial charge in [0.05, 0.1) is 12.2 Å². The molecule has 0 aromatic heterocycles. The highest BCUT2D eigenvalue weighted by molar-refractivity contribution is 5.69. The van der Waals surface area contributed by atoms with E-state index >= 15 is 0 Å². The zero-order chi connectivity index (χ0) is 28.7. The molecule has 0 unspecified atom stereocenters. The van der Waals surface area contributed by atoms with Crippen molar-refractivity contribution in [3.05, 3.63) is 11.6 Å². The van der Waals surface area contributed by atoms with Crippen LogP contribution in [0, 0.1) is 23.7 Å². The molecular weight excluding hydrogens is 496 g/mol. The zero-order valence-electron chi connectivity index (χ0n) is 23.8. The van der Waals surface area contributed by atoms with Gasteiger partial charge in [-0.2, -0.15) is 0 Å². The third kappa shape index (κ3) is 5.61. The number of hydrogen-bond acceptors (Lipinski definition) is 10. The Hall–Kier alpha value is -2.46. The lowest BCUT2D eigenvalue weighted by Gasteiger charge is -2.55. The second kappa shape index (κ2) is 11.0. The van der Waals surface area contributed by atoms with Crippen molar-refractivity contribution in [3.8, 4) is 0 Å². The van der Waals surface area contributed by atoms with Crippen LogP contribution in [0.5, 0.6) is 0 Å². The summed E-state index contributed by atoms with van der Waals surface area (Å²) in [6.45, 7) is 14.3. The molecule has 0 amide bonds. The first-order valence-corrected chi connectivity index (χ1v) is 13.3. The fourth-order valence-corrected chi connectivity index (χ4v) is 7.09. The van der Waals surface area contributed by atoms with Crippen molar-refractivity contribution in [1.29, 1.82) is 0 Å². The largest absolute Gasteiger partial charge is 0.458 e. The maximum atomic E-state index is 12.5. The SMILES string of the molecule is CC(=O)O[C@H]1[C@H](C(C)C)[C@@H]2[C@@H]([C@@H]3/C=C(/C)[C@@H](O)CC[C@@](C)(OC(C)=O)[C@H]2O3)[C@](C)(OC(C)=O)[C@H]1OC(C)=O. The van der Waals surface area contributed by atoms with E-state index in [0.29, 0.717) is 18.4 Å². The van der Waals surface area contributed by atoms with Gasteiger partial charge in [0.25, 0.3) is 0 Å². The lowest BCUT2D eigenvalue weighted by atomic mass is 9.55. The van der Waals surface area contributed by atoms with Gasteiger partial charge >= 0.3 is 23.9 Å².